The summed E-state index contributed by atoms with van der Waals surface area (Å²) in [5, 5.41) is -0.0537. The van der Waals surface area contributed by atoms with Gasteiger partial charge in [0.2, 0.25) is 0 Å². The molecule has 30 heavy (non-hydrogen) atoms. The summed E-state index contributed by atoms with van der Waals surface area (Å²) in [6, 6.07) is 9.68. The molecule has 0 aliphatic rings. The first-order chi connectivity index (χ1) is 14.5. The predicted octanol–water partition coefficient (Wildman–Crippen LogP) is 6.91. The average molecular weight is 433 g/mol. The highest BCUT2D eigenvalue weighted by Crippen LogP contribution is 2.22. The molecule has 0 unspecified atom stereocenters. The molecule has 0 radical (unpaired) electrons. The molecule has 0 N–H and O–H groups in total. The number of benzene rings is 2. The highest BCUT2D eigenvalue weighted by Gasteiger charge is 2.11. The van der Waals surface area contributed by atoms with E-state index in [1.807, 2.05) is 6.08 Å². The van der Waals surface area contributed by atoms with Gasteiger partial charge in [-0.15, -0.1) is 0 Å². The standard InChI is InChI=1S/C24H26ClFO4/c1-2-3-4-5-6-7-8-9-10-23(27)29-19-13-11-18(12-14-19)24(28)30-20-15-16-21(25)22(26)17-20/h9-17H,2-8H2,1H3. The number of rotatable bonds is 11. The van der Waals surface area contributed by atoms with Crippen molar-refractivity contribution in [2.24, 2.45) is 0 Å². The first kappa shape index (κ1) is 23.6. The Balaban J connectivity index is 1.76. The van der Waals surface area contributed by atoms with Gasteiger partial charge in [0.25, 0.3) is 0 Å². The largest absolute Gasteiger partial charge is 0.423 e. The maximum atomic E-state index is 13.4. The van der Waals surface area contributed by atoms with Crippen molar-refractivity contribution in [2.45, 2.75) is 51.9 Å². The minimum atomic E-state index is -0.672. The van der Waals surface area contributed by atoms with Crippen molar-refractivity contribution in [1.29, 1.82) is 0 Å². The number of ether oxygens (including phenoxy) is 2. The van der Waals surface area contributed by atoms with Gasteiger partial charge in [-0.25, -0.2) is 14.0 Å². The van der Waals surface area contributed by atoms with Crippen LogP contribution in [0.2, 0.25) is 5.02 Å². The molecule has 0 heterocycles. The van der Waals surface area contributed by atoms with Crippen LogP contribution in [-0.4, -0.2) is 11.9 Å². The lowest BCUT2D eigenvalue weighted by atomic mass is 10.1. The summed E-state index contributed by atoms with van der Waals surface area (Å²) in [6.07, 6.45) is 11.3. The number of allylic oxidation sites excluding steroid dienone is 1. The molecule has 0 saturated heterocycles. The van der Waals surface area contributed by atoms with E-state index >= 15 is 0 Å². The van der Waals surface area contributed by atoms with Crippen molar-refractivity contribution in [3.05, 3.63) is 71.0 Å². The Bertz CT molecular complexity index is 862. The summed E-state index contributed by atoms with van der Waals surface area (Å²) in [5.74, 6) is -1.43. The molecule has 0 aliphatic heterocycles. The zero-order valence-corrected chi connectivity index (χ0v) is 17.8. The number of hydrogen-bond donors (Lipinski definition) is 0. The first-order valence-corrected chi connectivity index (χ1v) is 10.5. The van der Waals surface area contributed by atoms with Gasteiger partial charge >= 0.3 is 11.9 Å². The molecule has 160 valence electrons. The molecule has 0 aromatic heterocycles. The summed E-state index contributed by atoms with van der Waals surface area (Å²) < 4.78 is 23.7. The van der Waals surface area contributed by atoms with Crippen molar-refractivity contribution in [3.8, 4) is 11.5 Å². The van der Waals surface area contributed by atoms with Crippen LogP contribution in [0.15, 0.2) is 54.6 Å². The fourth-order valence-electron chi connectivity index (χ4n) is 2.74. The molecule has 6 heteroatoms. The van der Waals surface area contributed by atoms with Crippen LogP contribution in [0, 0.1) is 5.82 Å². The Kier molecular flexibility index (Phi) is 10.1. The minimum Gasteiger partial charge on any atom is -0.423 e. The van der Waals surface area contributed by atoms with Gasteiger partial charge in [0.1, 0.15) is 17.3 Å². The smallest absolute Gasteiger partial charge is 0.343 e. The van der Waals surface area contributed by atoms with Crippen LogP contribution in [0.5, 0.6) is 11.5 Å². The highest BCUT2D eigenvalue weighted by atomic mass is 35.5. The first-order valence-electron chi connectivity index (χ1n) is 10.1. The lowest BCUT2D eigenvalue weighted by Crippen LogP contribution is -2.09. The summed E-state index contributed by atoms with van der Waals surface area (Å²) in [6.45, 7) is 2.19. The van der Waals surface area contributed by atoms with E-state index < -0.39 is 17.8 Å². The molecule has 2 aromatic rings. The van der Waals surface area contributed by atoms with Gasteiger partial charge in [0.15, 0.2) is 0 Å². The van der Waals surface area contributed by atoms with Gasteiger partial charge in [-0.2, -0.15) is 0 Å². The Morgan fingerprint density at radius 1 is 0.933 bits per heavy atom. The van der Waals surface area contributed by atoms with E-state index in [0.29, 0.717) is 5.75 Å². The molecule has 2 aromatic carbocycles. The zero-order chi connectivity index (χ0) is 21.8. The van der Waals surface area contributed by atoms with E-state index in [1.165, 1.54) is 74.6 Å². The molecule has 0 spiro atoms. The fourth-order valence-corrected chi connectivity index (χ4v) is 2.86. The van der Waals surface area contributed by atoms with E-state index in [0.717, 1.165) is 18.9 Å². The van der Waals surface area contributed by atoms with Crippen LogP contribution in [-0.2, 0) is 4.79 Å². The van der Waals surface area contributed by atoms with Crippen molar-refractivity contribution in [3.63, 3.8) is 0 Å². The second-order valence-electron chi connectivity index (χ2n) is 6.87. The fraction of sp³-hybridized carbons (Fsp3) is 0.333. The summed E-state index contributed by atoms with van der Waals surface area (Å²) in [5.41, 5.74) is 0.240. The maximum Gasteiger partial charge on any atom is 0.343 e. The third-order valence-corrected chi connectivity index (χ3v) is 4.69. The monoisotopic (exact) mass is 432 g/mol. The third kappa shape index (κ3) is 8.37. The Hall–Kier alpha value is -2.66. The Morgan fingerprint density at radius 2 is 1.60 bits per heavy atom. The summed E-state index contributed by atoms with van der Waals surface area (Å²) in [7, 11) is 0. The molecule has 0 aliphatic carbocycles. The molecule has 4 nitrogen and oxygen atoms in total. The van der Waals surface area contributed by atoms with E-state index in [9.17, 15) is 14.0 Å². The molecule has 0 atom stereocenters. The second kappa shape index (κ2) is 12.8. The van der Waals surface area contributed by atoms with E-state index in [-0.39, 0.29) is 16.3 Å². The Labute approximate surface area is 181 Å². The number of carbonyl (C=O) groups excluding carboxylic acids is 2. The van der Waals surface area contributed by atoms with Crippen molar-refractivity contribution < 1.29 is 23.5 Å². The topological polar surface area (TPSA) is 52.6 Å². The van der Waals surface area contributed by atoms with E-state index in [2.05, 4.69) is 6.92 Å². The van der Waals surface area contributed by atoms with Crippen LogP contribution < -0.4 is 9.47 Å². The number of esters is 2. The number of halogens is 2. The van der Waals surface area contributed by atoms with Crippen LogP contribution in [0.1, 0.15) is 62.2 Å². The maximum absolute atomic E-state index is 13.4. The van der Waals surface area contributed by atoms with Crippen LogP contribution in [0.3, 0.4) is 0 Å². The van der Waals surface area contributed by atoms with Gasteiger partial charge in [0, 0.05) is 12.1 Å². The Morgan fingerprint density at radius 3 is 2.30 bits per heavy atom. The lowest BCUT2D eigenvalue weighted by Gasteiger charge is -2.06. The SMILES string of the molecule is CCCCCCCCC=CC(=O)Oc1ccc(C(=O)Oc2ccc(Cl)c(F)c2)cc1. The second-order valence-corrected chi connectivity index (χ2v) is 7.28. The summed E-state index contributed by atoms with van der Waals surface area (Å²) in [4.78, 5) is 24.0. The highest BCUT2D eigenvalue weighted by molar-refractivity contribution is 6.30. The van der Waals surface area contributed by atoms with Crippen molar-refractivity contribution >= 4 is 23.5 Å². The quantitative estimate of drug-likeness (QED) is 0.167. The summed E-state index contributed by atoms with van der Waals surface area (Å²) >= 11 is 5.60. The van der Waals surface area contributed by atoms with Gasteiger partial charge < -0.3 is 9.47 Å². The van der Waals surface area contributed by atoms with Gasteiger partial charge in [-0.1, -0.05) is 56.7 Å². The van der Waals surface area contributed by atoms with Gasteiger partial charge in [-0.3, -0.25) is 0 Å². The minimum absolute atomic E-state index is 0.0490. The average Bonchev–Trinajstić information content (AvgIpc) is 2.73. The molecule has 0 bridgehead atoms. The van der Waals surface area contributed by atoms with Crippen molar-refractivity contribution in [1.82, 2.24) is 0 Å². The lowest BCUT2D eigenvalue weighted by molar-refractivity contribution is -0.129. The van der Waals surface area contributed by atoms with Gasteiger partial charge in [-0.05, 0) is 49.2 Å². The molecule has 0 amide bonds. The number of hydrogen-bond acceptors (Lipinski definition) is 4. The van der Waals surface area contributed by atoms with E-state index in [1.54, 1.807) is 0 Å². The number of unbranched alkanes of at least 4 members (excludes halogenated alkanes) is 6. The predicted molar refractivity (Wildman–Crippen MR) is 116 cm³/mol. The third-order valence-electron chi connectivity index (χ3n) is 4.39. The molecular weight excluding hydrogens is 407 g/mol. The van der Waals surface area contributed by atoms with E-state index in [4.69, 9.17) is 21.1 Å². The van der Waals surface area contributed by atoms with Crippen molar-refractivity contribution in [2.75, 3.05) is 0 Å². The molecule has 0 fully saturated rings. The van der Waals surface area contributed by atoms with Crippen LogP contribution in [0.4, 0.5) is 4.39 Å². The van der Waals surface area contributed by atoms with Crippen LogP contribution >= 0.6 is 11.6 Å². The molecule has 2 rings (SSSR count). The molecule has 0 saturated carbocycles. The van der Waals surface area contributed by atoms with Gasteiger partial charge in [0.05, 0.1) is 10.6 Å². The normalized spacial score (nSPS) is 10.9. The molecular formula is C24H26ClFO4. The number of carbonyl (C=O) groups is 2. The zero-order valence-electron chi connectivity index (χ0n) is 17.0. The van der Waals surface area contributed by atoms with Crippen LogP contribution in [0.25, 0.3) is 0 Å².